The Morgan fingerprint density at radius 2 is 1.90 bits per heavy atom. The molecule has 0 aromatic heterocycles. The van der Waals surface area contributed by atoms with Gasteiger partial charge in [-0.2, -0.15) is 0 Å². The first-order valence-electron chi connectivity index (χ1n) is 11.9. The molecule has 0 aromatic rings. The van der Waals surface area contributed by atoms with E-state index >= 15 is 0 Å². The van der Waals surface area contributed by atoms with Crippen LogP contribution in [0, 0.1) is 23.7 Å². The minimum atomic E-state index is -0.860. The van der Waals surface area contributed by atoms with Gasteiger partial charge in [0.15, 0.2) is 11.9 Å². The monoisotopic (exact) mass is 439 g/mol. The van der Waals surface area contributed by atoms with Crippen molar-refractivity contribution in [1.82, 2.24) is 5.32 Å². The summed E-state index contributed by atoms with van der Waals surface area (Å²) >= 11 is 0. The first-order chi connectivity index (χ1) is 14.7. The van der Waals surface area contributed by atoms with Crippen LogP contribution in [-0.4, -0.2) is 41.9 Å². The number of hydrogen-bond donors (Lipinski definition) is 1. The second-order valence-corrected chi connectivity index (χ2v) is 10.1. The number of hydrogen-bond acceptors (Lipinski definition) is 7. The average molecular weight is 440 g/mol. The summed E-state index contributed by atoms with van der Waals surface area (Å²) in [6.45, 7) is 10.1. The molecule has 9 atom stereocenters. The summed E-state index contributed by atoms with van der Waals surface area (Å²) in [5.41, 5.74) is -0.674. The van der Waals surface area contributed by atoms with Crippen molar-refractivity contribution in [3.8, 4) is 0 Å². The molecule has 1 saturated carbocycles. The van der Waals surface area contributed by atoms with E-state index in [1.54, 1.807) is 0 Å². The fourth-order valence-electron chi connectivity index (χ4n) is 5.86. The van der Waals surface area contributed by atoms with E-state index in [9.17, 15) is 9.59 Å². The summed E-state index contributed by atoms with van der Waals surface area (Å²) < 4.78 is 18.2. The summed E-state index contributed by atoms with van der Waals surface area (Å²) in [5, 5.41) is 2.87. The summed E-state index contributed by atoms with van der Waals surface area (Å²) in [5.74, 6) is -0.666. The lowest BCUT2D eigenvalue weighted by atomic mass is 9.58. The van der Waals surface area contributed by atoms with Crippen molar-refractivity contribution < 1.29 is 33.6 Å². The van der Waals surface area contributed by atoms with Crippen molar-refractivity contribution in [2.45, 2.75) is 110 Å². The third-order valence-electron chi connectivity index (χ3n) is 7.92. The first kappa shape index (κ1) is 23.0. The third-order valence-corrected chi connectivity index (χ3v) is 7.92. The van der Waals surface area contributed by atoms with Gasteiger partial charge in [-0.1, -0.05) is 20.8 Å². The number of carbonyl (C=O) groups excluding carboxylic acids is 2. The molecular weight excluding hydrogens is 402 g/mol. The fourth-order valence-corrected chi connectivity index (χ4v) is 5.86. The minimum absolute atomic E-state index is 0.0210. The maximum absolute atomic E-state index is 12.5. The van der Waals surface area contributed by atoms with Crippen LogP contribution in [0.4, 0.5) is 0 Å². The Morgan fingerprint density at radius 3 is 2.65 bits per heavy atom. The number of rotatable bonds is 6. The van der Waals surface area contributed by atoms with Crippen LogP contribution in [0.2, 0.25) is 0 Å². The Kier molecular flexibility index (Phi) is 6.38. The van der Waals surface area contributed by atoms with E-state index < -0.39 is 29.9 Å². The molecule has 5 fully saturated rings. The highest BCUT2D eigenvalue weighted by molar-refractivity contribution is 5.81. The van der Waals surface area contributed by atoms with Crippen LogP contribution in [0.15, 0.2) is 0 Å². The van der Waals surface area contributed by atoms with Crippen molar-refractivity contribution in [2.24, 2.45) is 23.7 Å². The Hall–Kier alpha value is -1.22. The second-order valence-electron chi connectivity index (χ2n) is 10.1. The van der Waals surface area contributed by atoms with Crippen molar-refractivity contribution in [2.75, 3.05) is 0 Å². The van der Waals surface area contributed by atoms with Crippen molar-refractivity contribution >= 4 is 11.9 Å². The van der Waals surface area contributed by atoms with Crippen molar-refractivity contribution in [1.29, 1.82) is 0 Å². The number of fused-ring (bicyclic) bond motifs is 2. The normalized spacial score (nSPS) is 44.7. The highest BCUT2D eigenvalue weighted by atomic mass is 17.3. The lowest BCUT2D eigenvalue weighted by molar-refractivity contribution is -0.576. The lowest BCUT2D eigenvalue weighted by Crippen LogP contribution is -2.70. The van der Waals surface area contributed by atoms with E-state index in [-0.39, 0.29) is 42.5 Å². The molecule has 5 rings (SSSR count). The van der Waals surface area contributed by atoms with Crippen LogP contribution in [0.3, 0.4) is 0 Å². The smallest absolute Gasteiger partial charge is 0.308 e. The zero-order valence-electron chi connectivity index (χ0n) is 19.3. The Morgan fingerprint density at radius 1 is 1.13 bits per heavy atom. The maximum Gasteiger partial charge on any atom is 0.308 e. The molecule has 176 valence electrons. The topological polar surface area (TPSA) is 92.3 Å². The van der Waals surface area contributed by atoms with Gasteiger partial charge in [0.1, 0.15) is 0 Å². The van der Waals surface area contributed by atoms with Gasteiger partial charge in [-0.25, -0.2) is 9.78 Å². The molecule has 1 N–H and O–H groups in total. The molecule has 0 unspecified atom stereocenters. The molecule has 0 radical (unpaired) electrons. The molecule has 0 aromatic carbocycles. The van der Waals surface area contributed by atoms with Crippen LogP contribution >= 0.6 is 0 Å². The summed E-state index contributed by atoms with van der Waals surface area (Å²) in [4.78, 5) is 36.4. The van der Waals surface area contributed by atoms with Gasteiger partial charge < -0.3 is 19.5 Å². The van der Waals surface area contributed by atoms with E-state index in [1.165, 1.54) is 0 Å². The van der Waals surface area contributed by atoms with E-state index in [0.29, 0.717) is 5.92 Å². The van der Waals surface area contributed by atoms with Crippen LogP contribution in [0.25, 0.3) is 0 Å². The van der Waals surface area contributed by atoms with Gasteiger partial charge in [0, 0.05) is 30.7 Å². The summed E-state index contributed by atoms with van der Waals surface area (Å²) in [6.07, 6.45) is 3.31. The van der Waals surface area contributed by atoms with Gasteiger partial charge >= 0.3 is 5.97 Å². The van der Waals surface area contributed by atoms with Crippen LogP contribution < -0.4 is 5.32 Å². The Balaban J connectivity index is 1.44. The number of carbonyl (C=O) groups is 2. The molecule has 8 heteroatoms. The molecule has 1 amide bonds. The van der Waals surface area contributed by atoms with Gasteiger partial charge in [0.25, 0.3) is 0 Å². The number of esters is 1. The molecule has 4 saturated heterocycles. The summed E-state index contributed by atoms with van der Waals surface area (Å²) in [6, 6.07) is 0.0921. The summed E-state index contributed by atoms with van der Waals surface area (Å²) in [7, 11) is 0. The molecule has 2 bridgehead atoms. The van der Waals surface area contributed by atoms with Gasteiger partial charge in [-0.3, -0.25) is 9.59 Å². The molecule has 4 heterocycles. The molecule has 5 aliphatic rings. The molecule has 8 nitrogen and oxygen atoms in total. The molecule has 1 aliphatic carbocycles. The third kappa shape index (κ3) is 4.12. The predicted octanol–water partition coefficient (Wildman–Crippen LogP) is 3.43. The SMILES string of the molecule is CC[C@@H](C)NC(=O)CCC(=O)O[C@@H]1O[C@H]2O[C@@]3(C)CC[C@H]4[C@H](C)CC[C@@H]([C@H]1C)[C@]24OO3. The molecular formula is C23H37NO7. The zero-order chi connectivity index (χ0) is 22.4. The van der Waals surface area contributed by atoms with E-state index in [2.05, 4.69) is 12.2 Å². The highest BCUT2D eigenvalue weighted by Crippen LogP contribution is 2.60. The molecule has 31 heavy (non-hydrogen) atoms. The highest BCUT2D eigenvalue weighted by Gasteiger charge is 2.69. The Bertz CT molecular complexity index is 701. The minimum Gasteiger partial charge on any atom is -0.435 e. The predicted molar refractivity (Wildman–Crippen MR) is 110 cm³/mol. The lowest BCUT2D eigenvalue weighted by Gasteiger charge is -2.59. The second kappa shape index (κ2) is 8.61. The van der Waals surface area contributed by atoms with E-state index in [4.69, 9.17) is 24.0 Å². The maximum atomic E-state index is 12.5. The largest absolute Gasteiger partial charge is 0.435 e. The molecule has 1 spiro atoms. The van der Waals surface area contributed by atoms with E-state index in [1.807, 2.05) is 27.7 Å². The zero-order valence-corrected chi connectivity index (χ0v) is 19.3. The standard InChI is InChI=1S/C23H37NO7/c1-6-14(3)24-18(25)9-10-19(26)27-20-15(4)17-8-7-13(2)16-11-12-22(5)29-21(28-20)23(16,17)31-30-22/h13-17,20-21H,6-12H2,1-5H3,(H,24,25)/t13-,14-,15-,16+,17+,20-,21+,22-,23+/m1/s1. The number of nitrogens with one attached hydrogen (secondary N) is 1. The van der Waals surface area contributed by atoms with Crippen LogP contribution in [-0.2, 0) is 33.6 Å². The van der Waals surface area contributed by atoms with Crippen molar-refractivity contribution in [3.63, 3.8) is 0 Å². The van der Waals surface area contributed by atoms with Gasteiger partial charge in [-0.05, 0) is 51.4 Å². The van der Waals surface area contributed by atoms with Crippen LogP contribution in [0.5, 0.6) is 0 Å². The van der Waals surface area contributed by atoms with Gasteiger partial charge in [0.05, 0.1) is 6.42 Å². The van der Waals surface area contributed by atoms with E-state index in [0.717, 1.165) is 32.1 Å². The molecule has 4 aliphatic heterocycles. The first-order valence-corrected chi connectivity index (χ1v) is 11.9. The number of amides is 1. The fraction of sp³-hybridized carbons (Fsp3) is 0.913. The van der Waals surface area contributed by atoms with Crippen LogP contribution in [0.1, 0.15) is 79.6 Å². The quantitative estimate of drug-likeness (QED) is 0.501. The number of ether oxygens (including phenoxy) is 3. The van der Waals surface area contributed by atoms with Gasteiger partial charge in [-0.15, -0.1) is 0 Å². The average Bonchev–Trinajstić information content (AvgIpc) is 2.96. The van der Waals surface area contributed by atoms with Gasteiger partial charge in [0.2, 0.25) is 18.0 Å². The Labute approximate surface area is 184 Å². The van der Waals surface area contributed by atoms with Crippen molar-refractivity contribution in [3.05, 3.63) is 0 Å².